The van der Waals surface area contributed by atoms with Crippen LogP contribution in [0.2, 0.25) is 0 Å². The molecule has 4 amide bonds. The fourth-order valence-corrected chi connectivity index (χ4v) is 5.48. The van der Waals surface area contributed by atoms with Gasteiger partial charge in [-0.05, 0) is 37.5 Å². The molecule has 1 aromatic heterocycles. The lowest BCUT2D eigenvalue weighted by atomic mass is 9.82. The summed E-state index contributed by atoms with van der Waals surface area (Å²) in [7, 11) is 0. The normalized spacial score (nSPS) is 18.2. The van der Waals surface area contributed by atoms with Gasteiger partial charge in [0.15, 0.2) is 0 Å². The third kappa shape index (κ3) is 4.16. The largest absolute Gasteiger partial charge is 0.344 e. The van der Waals surface area contributed by atoms with E-state index >= 15 is 0 Å². The molecule has 2 aliphatic rings. The first-order valence-corrected chi connectivity index (χ1v) is 11.4. The standard InChI is InChI=1S/C20H22N4O3S2/c1-13-11-28-19(21-13)29-12-14-5-7-15(8-6-14)16(25)23-24-17(26)20(22-18(24)27)9-3-2-4-10-20/h5-8,11H,2-4,9-10,12H2,1H3,(H,22,27)(H,23,25). The van der Waals surface area contributed by atoms with Crippen molar-refractivity contribution in [2.24, 2.45) is 0 Å². The van der Waals surface area contributed by atoms with E-state index in [1.807, 2.05) is 24.4 Å². The highest BCUT2D eigenvalue weighted by molar-refractivity contribution is 8.00. The number of aryl methyl sites for hydroxylation is 1. The summed E-state index contributed by atoms with van der Waals surface area (Å²) in [5.74, 6) is -0.0804. The quantitative estimate of drug-likeness (QED) is 0.558. The SMILES string of the molecule is Cc1csc(SCc2ccc(C(=O)NN3C(=O)NC4(CCCCC4)C3=O)cc2)n1. The molecule has 7 nitrogen and oxygen atoms in total. The number of benzene rings is 1. The van der Waals surface area contributed by atoms with E-state index in [0.717, 1.165) is 45.6 Å². The highest BCUT2D eigenvalue weighted by Gasteiger charge is 2.52. The molecule has 0 atom stereocenters. The van der Waals surface area contributed by atoms with Crippen molar-refractivity contribution >= 4 is 40.9 Å². The Bertz CT molecular complexity index is 935. The number of urea groups is 1. The zero-order valence-electron chi connectivity index (χ0n) is 16.1. The van der Waals surface area contributed by atoms with Gasteiger partial charge in [-0.3, -0.25) is 15.0 Å². The van der Waals surface area contributed by atoms with E-state index in [1.165, 1.54) is 0 Å². The molecular formula is C20H22N4O3S2. The van der Waals surface area contributed by atoms with Crippen molar-refractivity contribution in [3.63, 3.8) is 0 Å². The third-order valence-electron chi connectivity index (χ3n) is 5.26. The van der Waals surface area contributed by atoms with E-state index in [0.29, 0.717) is 18.4 Å². The van der Waals surface area contributed by atoms with Crippen LogP contribution in [-0.4, -0.2) is 33.4 Å². The fourth-order valence-electron chi connectivity index (χ4n) is 3.68. The number of thioether (sulfide) groups is 1. The van der Waals surface area contributed by atoms with Crippen molar-refractivity contribution in [3.8, 4) is 0 Å². The molecular weight excluding hydrogens is 408 g/mol. The number of nitrogens with zero attached hydrogens (tertiary/aromatic N) is 2. The van der Waals surface area contributed by atoms with Crippen LogP contribution in [0.25, 0.3) is 0 Å². The molecule has 1 spiro atoms. The predicted octanol–water partition coefficient (Wildman–Crippen LogP) is 3.64. The average molecular weight is 431 g/mol. The second kappa shape index (κ2) is 8.16. The van der Waals surface area contributed by atoms with Crippen LogP contribution < -0.4 is 10.7 Å². The molecule has 0 radical (unpaired) electrons. The van der Waals surface area contributed by atoms with Crippen molar-refractivity contribution in [1.29, 1.82) is 0 Å². The Hall–Kier alpha value is -2.39. The van der Waals surface area contributed by atoms with Gasteiger partial charge in [0, 0.05) is 22.4 Å². The number of rotatable bonds is 5. The van der Waals surface area contributed by atoms with Crippen molar-refractivity contribution < 1.29 is 14.4 Å². The first-order chi connectivity index (χ1) is 14.0. The number of carbonyl (C=O) groups is 3. The Morgan fingerprint density at radius 1 is 1.24 bits per heavy atom. The molecule has 0 unspecified atom stereocenters. The lowest BCUT2D eigenvalue weighted by Crippen LogP contribution is -2.50. The molecule has 29 heavy (non-hydrogen) atoms. The number of thiazole rings is 1. The number of amides is 4. The van der Waals surface area contributed by atoms with Crippen LogP contribution in [0, 0.1) is 6.92 Å². The Morgan fingerprint density at radius 2 is 1.97 bits per heavy atom. The van der Waals surface area contributed by atoms with Crippen molar-refractivity contribution in [1.82, 2.24) is 20.7 Å². The minimum absolute atomic E-state index is 0.359. The van der Waals surface area contributed by atoms with Gasteiger partial charge in [0.2, 0.25) is 0 Å². The fraction of sp³-hybridized carbons (Fsp3) is 0.400. The summed E-state index contributed by atoms with van der Waals surface area (Å²) in [5.41, 5.74) is 4.09. The second-order valence-corrected chi connectivity index (χ2v) is 9.48. The smallest absolute Gasteiger partial charge is 0.322 e. The molecule has 9 heteroatoms. The minimum Gasteiger partial charge on any atom is -0.322 e. The van der Waals surface area contributed by atoms with Gasteiger partial charge in [0.1, 0.15) is 9.88 Å². The van der Waals surface area contributed by atoms with Gasteiger partial charge >= 0.3 is 6.03 Å². The maximum absolute atomic E-state index is 12.8. The maximum atomic E-state index is 12.8. The van der Waals surface area contributed by atoms with Crippen LogP contribution >= 0.6 is 23.1 Å². The number of imide groups is 1. The molecule has 4 rings (SSSR count). The van der Waals surface area contributed by atoms with Crippen LogP contribution in [-0.2, 0) is 10.5 Å². The Kier molecular flexibility index (Phi) is 5.60. The Labute approximate surface area is 177 Å². The van der Waals surface area contributed by atoms with Crippen LogP contribution in [0.4, 0.5) is 4.79 Å². The topological polar surface area (TPSA) is 91.4 Å². The van der Waals surface area contributed by atoms with Gasteiger partial charge < -0.3 is 5.32 Å². The first-order valence-electron chi connectivity index (χ1n) is 9.58. The molecule has 1 aromatic carbocycles. The number of hydrogen-bond acceptors (Lipinski definition) is 6. The summed E-state index contributed by atoms with van der Waals surface area (Å²) in [4.78, 5) is 42.0. The number of aromatic nitrogens is 1. The molecule has 2 fully saturated rings. The number of hydrogen-bond donors (Lipinski definition) is 2. The van der Waals surface area contributed by atoms with Gasteiger partial charge in [-0.1, -0.05) is 43.2 Å². The summed E-state index contributed by atoms with van der Waals surface area (Å²) >= 11 is 3.27. The van der Waals surface area contributed by atoms with Crippen LogP contribution in [0.3, 0.4) is 0 Å². The minimum atomic E-state index is -0.849. The van der Waals surface area contributed by atoms with E-state index in [4.69, 9.17) is 0 Å². The summed E-state index contributed by atoms with van der Waals surface area (Å²) < 4.78 is 1.01. The molecule has 0 bridgehead atoms. The number of hydrazine groups is 1. The summed E-state index contributed by atoms with van der Waals surface area (Å²) in [6.07, 6.45) is 4.09. The Balaban J connectivity index is 1.37. The molecule has 1 saturated heterocycles. The highest BCUT2D eigenvalue weighted by Crippen LogP contribution is 2.33. The molecule has 2 N–H and O–H groups in total. The van der Waals surface area contributed by atoms with Gasteiger partial charge in [-0.15, -0.1) is 11.3 Å². The third-order valence-corrected chi connectivity index (χ3v) is 7.47. The number of carbonyl (C=O) groups excluding carboxylic acids is 3. The molecule has 2 heterocycles. The van der Waals surface area contributed by atoms with E-state index in [2.05, 4.69) is 15.7 Å². The van der Waals surface area contributed by atoms with E-state index in [-0.39, 0.29) is 5.91 Å². The zero-order valence-corrected chi connectivity index (χ0v) is 17.7. The second-order valence-electron chi connectivity index (χ2n) is 7.39. The first kappa shape index (κ1) is 19.9. The molecule has 1 saturated carbocycles. The lowest BCUT2D eigenvalue weighted by Gasteiger charge is -2.30. The van der Waals surface area contributed by atoms with Crippen LogP contribution in [0.1, 0.15) is 53.7 Å². The average Bonchev–Trinajstić information content (AvgIpc) is 3.24. The van der Waals surface area contributed by atoms with Crippen molar-refractivity contribution in [2.45, 2.75) is 54.7 Å². The molecule has 2 aromatic rings. The monoisotopic (exact) mass is 430 g/mol. The van der Waals surface area contributed by atoms with Crippen LogP contribution in [0.15, 0.2) is 34.0 Å². The zero-order chi connectivity index (χ0) is 20.4. The van der Waals surface area contributed by atoms with Gasteiger partial charge in [-0.2, -0.15) is 5.01 Å². The van der Waals surface area contributed by atoms with E-state index in [9.17, 15) is 14.4 Å². The molecule has 152 valence electrons. The van der Waals surface area contributed by atoms with Gasteiger partial charge in [0.05, 0.1) is 0 Å². The summed E-state index contributed by atoms with van der Waals surface area (Å²) in [6.45, 7) is 1.97. The molecule has 1 aliphatic heterocycles. The van der Waals surface area contributed by atoms with Crippen molar-refractivity contribution in [2.75, 3.05) is 0 Å². The van der Waals surface area contributed by atoms with E-state index < -0.39 is 17.5 Å². The Morgan fingerprint density at radius 3 is 2.62 bits per heavy atom. The number of nitrogens with one attached hydrogen (secondary N) is 2. The van der Waals surface area contributed by atoms with Crippen molar-refractivity contribution in [3.05, 3.63) is 46.5 Å². The molecule has 1 aliphatic carbocycles. The summed E-state index contributed by atoms with van der Waals surface area (Å²) in [5, 5.41) is 5.64. The van der Waals surface area contributed by atoms with E-state index in [1.54, 1.807) is 35.2 Å². The van der Waals surface area contributed by atoms with Gasteiger partial charge in [-0.25, -0.2) is 9.78 Å². The maximum Gasteiger partial charge on any atom is 0.344 e. The van der Waals surface area contributed by atoms with Crippen LogP contribution in [0.5, 0.6) is 0 Å². The summed E-state index contributed by atoms with van der Waals surface area (Å²) in [6, 6.07) is 6.59. The highest BCUT2D eigenvalue weighted by atomic mass is 32.2. The predicted molar refractivity (Wildman–Crippen MR) is 112 cm³/mol. The lowest BCUT2D eigenvalue weighted by molar-refractivity contribution is -0.134. The van der Waals surface area contributed by atoms with Gasteiger partial charge in [0.25, 0.3) is 11.8 Å².